The molecule has 3 heterocycles. The smallest absolute Gasteiger partial charge is 0.324 e. The molecule has 2 aromatic carbocycles. The molecule has 1 aliphatic heterocycles. The number of hydrogen-bond donors (Lipinski definition) is 1. The van der Waals surface area contributed by atoms with Crippen molar-refractivity contribution in [2.75, 3.05) is 44.2 Å². The van der Waals surface area contributed by atoms with Crippen molar-refractivity contribution in [1.29, 1.82) is 0 Å². The van der Waals surface area contributed by atoms with Gasteiger partial charge in [-0.2, -0.15) is 10.1 Å². The van der Waals surface area contributed by atoms with Crippen LogP contribution >= 0.6 is 0 Å². The number of hydrogen-bond acceptors (Lipinski definition) is 8. The molecular weight excluding hydrogens is 470 g/mol. The molecule has 0 atom stereocenters. The van der Waals surface area contributed by atoms with E-state index in [2.05, 4.69) is 20.1 Å². The summed E-state index contributed by atoms with van der Waals surface area (Å²) >= 11 is 0. The van der Waals surface area contributed by atoms with E-state index in [1.807, 2.05) is 29.2 Å². The Kier molecular flexibility index (Phi) is 6.83. The molecule has 0 unspecified atom stereocenters. The van der Waals surface area contributed by atoms with Gasteiger partial charge < -0.3 is 14.5 Å². The highest BCUT2D eigenvalue weighted by Gasteiger charge is 2.21. The van der Waals surface area contributed by atoms with Gasteiger partial charge in [-0.25, -0.2) is 13.5 Å². The Morgan fingerprint density at radius 2 is 1.72 bits per heavy atom. The van der Waals surface area contributed by atoms with Crippen LogP contribution in [0.3, 0.4) is 0 Å². The molecule has 0 saturated carbocycles. The Labute approximate surface area is 205 Å². The van der Waals surface area contributed by atoms with Crippen LogP contribution in [0.1, 0.15) is 5.56 Å². The first-order valence-corrected chi connectivity index (χ1v) is 11.5. The van der Waals surface area contributed by atoms with Crippen LogP contribution in [0.2, 0.25) is 0 Å². The minimum Gasteiger partial charge on any atom is -0.395 e. The molecule has 1 saturated heterocycles. The monoisotopic (exact) mass is 494 g/mol. The minimum atomic E-state index is -0.719. The van der Waals surface area contributed by atoms with Crippen LogP contribution in [0.15, 0.2) is 63.9 Å². The first-order chi connectivity index (χ1) is 17.5. The lowest BCUT2D eigenvalue weighted by atomic mass is 10.1. The third kappa shape index (κ3) is 5.31. The first kappa shape index (κ1) is 23.8. The van der Waals surface area contributed by atoms with Crippen LogP contribution in [0.4, 0.5) is 14.8 Å². The minimum absolute atomic E-state index is 0.135. The van der Waals surface area contributed by atoms with Crippen molar-refractivity contribution < 1.29 is 18.4 Å². The van der Waals surface area contributed by atoms with E-state index < -0.39 is 11.6 Å². The van der Waals surface area contributed by atoms with E-state index in [9.17, 15) is 13.6 Å². The Morgan fingerprint density at radius 1 is 0.944 bits per heavy atom. The van der Waals surface area contributed by atoms with Crippen LogP contribution in [-0.2, 0) is 6.54 Å². The molecule has 11 heteroatoms. The topological polar surface area (TPSA) is 101 Å². The van der Waals surface area contributed by atoms with Crippen LogP contribution in [-0.4, -0.2) is 69.3 Å². The number of aromatic nitrogens is 4. The third-order valence-corrected chi connectivity index (χ3v) is 6.02. The summed E-state index contributed by atoms with van der Waals surface area (Å²) < 4.78 is 34.0. The predicted molar refractivity (Wildman–Crippen MR) is 128 cm³/mol. The molecule has 1 fully saturated rings. The SMILES string of the molecule is O=c1ccc(-c2cc(F)cc(F)c2)nn1Cc1cccc(-c2noc(N3CCN(CCO)CC3)n2)c1. The molecule has 36 heavy (non-hydrogen) atoms. The van der Waals surface area contributed by atoms with E-state index in [1.165, 1.54) is 28.9 Å². The number of anilines is 1. The summed E-state index contributed by atoms with van der Waals surface area (Å²) in [6.45, 7) is 3.99. The second-order valence-corrected chi connectivity index (χ2v) is 8.53. The maximum Gasteiger partial charge on any atom is 0.324 e. The zero-order valence-corrected chi connectivity index (χ0v) is 19.3. The van der Waals surface area contributed by atoms with Crippen molar-refractivity contribution in [2.24, 2.45) is 0 Å². The quantitative estimate of drug-likeness (QED) is 0.418. The largest absolute Gasteiger partial charge is 0.395 e. The predicted octanol–water partition coefficient (Wildman–Crippen LogP) is 2.40. The zero-order valence-electron chi connectivity index (χ0n) is 19.3. The van der Waals surface area contributed by atoms with E-state index >= 15 is 0 Å². The molecule has 0 spiro atoms. The number of piperazine rings is 1. The standard InChI is InChI=1S/C25H24F2N6O3/c26-20-13-19(14-21(27)15-20)22-4-5-23(35)33(29-22)16-17-2-1-3-18(12-17)24-28-25(36-30-24)32-8-6-31(7-9-32)10-11-34/h1-5,12-15,34H,6-11,16H2. The first-order valence-electron chi connectivity index (χ1n) is 11.5. The number of aliphatic hydroxyl groups excluding tert-OH is 1. The van der Waals surface area contributed by atoms with E-state index in [0.717, 1.165) is 43.4 Å². The molecule has 0 amide bonds. The Hall–Kier alpha value is -3.96. The number of aliphatic hydroxyl groups is 1. The van der Waals surface area contributed by atoms with Gasteiger partial charge >= 0.3 is 6.01 Å². The van der Waals surface area contributed by atoms with Crippen molar-refractivity contribution in [3.63, 3.8) is 0 Å². The van der Waals surface area contributed by atoms with Gasteiger partial charge in [0.15, 0.2) is 0 Å². The van der Waals surface area contributed by atoms with Gasteiger partial charge in [-0.3, -0.25) is 9.69 Å². The Balaban J connectivity index is 1.33. The highest BCUT2D eigenvalue weighted by Crippen LogP contribution is 2.23. The molecular formula is C25H24F2N6O3. The van der Waals surface area contributed by atoms with E-state index in [1.54, 1.807) is 0 Å². The van der Waals surface area contributed by atoms with Gasteiger partial charge in [0.1, 0.15) is 11.6 Å². The average Bonchev–Trinajstić information content (AvgIpc) is 3.36. The van der Waals surface area contributed by atoms with E-state index in [4.69, 9.17) is 9.63 Å². The van der Waals surface area contributed by atoms with Crippen LogP contribution < -0.4 is 10.5 Å². The van der Waals surface area contributed by atoms with Crippen LogP contribution in [0, 0.1) is 11.6 Å². The number of halogens is 2. The molecule has 1 aliphatic rings. The molecule has 9 nitrogen and oxygen atoms in total. The molecule has 0 radical (unpaired) electrons. The van der Waals surface area contributed by atoms with Crippen molar-refractivity contribution in [3.05, 3.63) is 82.1 Å². The van der Waals surface area contributed by atoms with Gasteiger partial charge in [0, 0.05) is 56.0 Å². The summed E-state index contributed by atoms with van der Waals surface area (Å²) in [7, 11) is 0. The van der Waals surface area contributed by atoms with E-state index in [0.29, 0.717) is 18.4 Å². The molecule has 1 N–H and O–H groups in total. The van der Waals surface area contributed by atoms with Gasteiger partial charge in [-0.1, -0.05) is 23.4 Å². The molecule has 0 bridgehead atoms. The second kappa shape index (κ2) is 10.3. The maximum atomic E-state index is 13.6. The number of β-amino-alcohol motifs (C(OH)–C–C–N with tert-alkyl or cyclic N) is 1. The molecule has 0 aliphatic carbocycles. The van der Waals surface area contributed by atoms with Crippen molar-refractivity contribution in [2.45, 2.75) is 6.54 Å². The lowest BCUT2D eigenvalue weighted by Crippen LogP contribution is -2.47. The second-order valence-electron chi connectivity index (χ2n) is 8.53. The molecule has 4 aromatic rings. The van der Waals surface area contributed by atoms with Crippen LogP contribution in [0.25, 0.3) is 22.6 Å². The van der Waals surface area contributed by atoms with Gasteiger partial charge in [0.05, 0.1) is 18.8 Å². The van der Waals surface area contributed by atoms with Gasteiger partial charge in [0.2, 0.25) is 5.82 Å². The normalized spacial score (nSPS) is 14.4. The summed E-state index contributed by atoms with van der Waals surface area (Å²) in [6.07, 6.45) is 0. The summed E-state index contributed by atoms with van der Waals surface area (Å²) in [4.78, 5) is 21.2. The average molecular weight is 495 g/mol. The fourth-order valence-electron chi connectivity index (χ4n) is 4.16. The highest BCUT2D eigenvalue weighted by atomic mass is 19.1. The lowest BCUT2D eigenvalue weighted by molar-refractivity contribution is 0.186. The summed E-state index contributed by atoms with van der Waals surface area (Å²) in [5.41, 5.74) is 1.67. The maximum absolute atomic E-state index is 13.6. The summed E-state index contributed by atoms with van der Waals surface area (Å²) in [6, 6.07) is 13.7. The van der Waals surface area contributed by atoms with Crippen LogP contribution in [0.5, 0.6) is 0 Å². The lowest BCUT2D eigenvalue weighted by Gasteiger charge is -2.32. The van der Waals surface area contributed by atoms with Gasteiger partial charge in [-0.15, -0.1) is 0 Å². The van der Waals surface area contributed by atoms with E-state index in [-0.39, 0.29) is 30.0 Å². The number of rotatable bonds is 7. The Morgan fingerprint density at radius 3 is 2.47 bits per heavy atom. The van der Waals surface area contributed by atoms with Crippen molar-refractivity contribution >= 4 is 6.01 Å². The fraction of sp³-hybridized carbons (Fsp3) is 0.280. The zero-order chi connectivity index (χ0) is 25.1. The Bertz CT molecular complexity index is 1390. The number of benzene rings is 2. The van der Waals surface area contributed by atoms with Gasteiger partial charge in [0.25, 0.3) is 5.56 Å². The molecule has 5 rings (SSSR count). The number of nitrogens with zero attached hydrogens (tertiary/aromatic N) is 6. The van der Waals surface area contributed by atoms with Crippen molar-refractivity contribution in [1.82, 2.24) is 24.8 Å². The van der Waals surface area contributed by atoms with Gasteiger partial charge in [-0.05, 0) is 29.8 Å². The van der Waals surface area contributed by atoms with Crippen molar-refractivity contribution in [3.8, 4) is 22.6 Å². The summed E-state index contributed by atoms with van der Waals surface area (Å²) in [5.74, 6) is -1.01. The summed E-state index contributed by atoms with van der Waals surface area (Å²) in [5, 5.41) is 17.5. The third-order valence-electron chi connectivity index (χ3n) is 6.02. The molecule has 2 aromatic heterocycles. The fourth-order valence-corrected chi connectivity index (χ4v) is 4.16. The highest BCUT2D eigenvalue weighted by molar-refractivity contribution is 5.59. The molecule has 186 valence electrons.